The second kappa shape index (κ2) is 6.66. The molecule has 22 heavy (non-hydrogen) atoms. The Morgan fingerprint density at radius 1 is 1.09 bits per heavy atom. The highest BCUT2D eigenvalue weighted by molar-refractivity contribution is 7.90. The van der Waals surface area contributed by atoms with Crippen molar-refractivity contribution in [2.45, 2.75) is 42.5 Å². The lowest BCUT2D eigenvalue weighted by atomic mass is 9.92. The van der Waals surface area contributed by atoms with Crippen LogP contribution in [0.2, 0.25) is 0 Å². The molecular formula is C14H24N2O4S2. The molecule has 8 heteroatoms. The number of nitrogens with two attached hydrogens (primary N) is 1. The first-order valence-corrected chi connectivity index (χ1v) is 10.3. The lowest BCUT2D eigenvalue weighted by molar-refractivity contribution is 0.344. The van der Waals surface area contributed by atoms with Crippen molar-refractivity contribution in [1.29, 1.82) is 0 Å². The highest BCUT2D eigenvalue weighted by atomic mass is 32.2. The molecular weight excluding hydrogens is 324 g/mol. The molecule has 0 radical (unpaired) electrons. The molecule has 0 aromatic heterocycles. The number of nitrogens with one attached hydrogen (secondary N) is 1. The van der Waals surface area contributed by atoms with Crippen LogP contribution in [0, 0.1) is 5.92 Å². The van der Waals surface area contributed by atoms with Gasteiger partial charge >= 0.3 is 0 Å². The van der Waals surface area contributed by atoms with Crippen molar-refractivity contribution in [3.05, 3.63) is 24.3 Å². The number of rotatable bonds is 7. The summed E-state index contributed by atoms with van der Waals surface area (Å²) in [5.74, 6) is 0.281. The fourth-order valence-corrected chi connectivity index (χ4v) is 4.38. The monoisotopic (exact) mass is 348 g/mol. The molecule has 3 N–H and O–H groups in total. The topological polar surface area (TPSA) is 106 Å². The first-order valence-electron chi connectivity index (χ1n) is 6.94. The van der Waals surface area contributed by atoms with Gasteiger partial charge < -0.3 is 5.73 Å². The number of hydrogen-bond acceptors (Lipinski definition) is 5. The molecule has 0 heterocycles. The zero-order valence-electron chi connectivity index (χ0n) is 13.3. The van der Waals surface area contributed by atoms with E-state index in [2.05, 4.69) is 4.72 Å². The molecule has 1 aromatic rings. The standard InChI is InChI=1S/C14H24N2O4S2/c1-11(2)9-14(3,10-15)16-22(19,20)13-7-5-12(6-8-13)21(4,17)18/h5-8,11,16H,9-10,15H2,1-4H3. The van der Waals surface area contributed by atoms with Gasteiger partial charge in [-0.2, -0.15) is 0 Å². The molecule has 0 saturated heterocycles. The van der Waals surface area contributed by atoms with Crippen molar-refractivity contribution in [1.82, 2.24) is 4.72 Å². The highest BCUT2D eigenvalue weighted by Crippen LogP contribution is 2.20. The fourth-order valence-electron chi connectivity index (χ4n) is 2.32. The number of hydrogen-bond donors (Lipinski definition) is 2. The molecule has 0 bridgehead atoms. The second-order valence-electron chi connectivity index (χ2n) is 6.21. The van der Waals surface area contributed by atoms with E-state index in [4.69, 9.17) is 5.73 Å². The summed E-state index contributed by atoms with van der Waals surface area (Å²) < 4.78 is 50.3. The zero-order valence-corrected chi connectivity index (χ0v) is 15.0. The van der Waals surface area contributed by atoms with Crippen LogP contribution in [0.5, 0.6) is 0 Å². The molecule has 1 atom stereocenters. The van der Waals surface area contributed by atoms with Gasteiger partial charge in [-0.3, -0.25) is 0 Å². The summed E-state index contributed by atoms with van der Waals surface area (Å²) in [4.78, 5) is 0.0959. The summed E-state index contributed by atoms with van der Waals surface area (Å²) in [7, 11) is -7.12. The van der Waals surface area contributed by atoms with Crippen LogP contribution in [0.4, 0.5) is 0 Å². The molecule has 1 aromatic carbocycles. The van der Waals surface area contributed by atoms with E-state index < -0.39 is 25.4 Å². The van der Waals surface area contributed by atoms with Gasteiger partial charge in [-0.15, -0.1) is 0 Å². The Kier molecular flexibility index (Phi) is 5.77. The van der Waals surface area contributed by atoms with E-state index in [0.29, 0.717) is 6.42 Å². The first kappa shape index (κ1) is 19.1. The summed E-state index contributed by atoms with van der Waals surface area (Å²) in [5.41, 5.74) is 4.97. The maximum Gasteiger partial charge on any atom is 0.241 e. The predicted molar refractivity (Wildman–Crippen MR) is 86.8 cm³/mol. The Labute approximate surface area is 133 Å². The Balaban J connectivity index is 3.09. The van der Waals surface area contributed by atoms with E-state index in [1.54, 1.807) is 6.92 Å². The normalized spacial score (nSPS) is 15.7. The van der Waals surface area contributed by atoms with Crippen molar-refractivity contribution in [3.63, 3.8) is 0 Å². The Morgan fingerprint density at radius 3 is 1.91 bits per heavy atom. The Hall–Kier alpha value is -0.960. The van der Waals surface area contributed by atoms with Gasteiger partial charge in [0.2, 0.25) is 10.0 Å². The average Bonchev–Trinajstić information content (AvgIpc) is 2.36. The van der Waals surface area contributed by atoms with Crippen molar-refractivity contribution in [2.75, 3.05) is 12.8 Å². The van der Waals surface area contributed by atoms with Gasteiger partial charge in [0, 0.05) is 18.3 Å². The third-order valence-corrected chi connectivity index (χ3v) is 6.04. The van der Waals surface area contributed by atoms with Crippen LogP contribution < -0.4 is 10.5 Å². The van der Waals surface area contributed by atoms with E-state index in [0.717, 1.165) is 6.26 Å². The lowest BCUT2D eigenvalue weighted by Crippen LogP contribution is -2.51. The molecule has 0 saturated carbocycles. The van der Waals surface area contributed by atoms with Crippen LogP contribution in [0.25, 0.3) is 0 Å². The van der Waals surface area contributed by atoms with E-state index in [1.165, 1.54) is 24.3 Å². The minimum absolute atomic E-state index is 0.0170. The van der Waals surface area contributed by atoms with Crippen LogP contribution in [0.1, 0.15) is 27.2 Å². The summed E-state index contributed by atoms with van der Waals surface area (Å²) in [6.07, 6.45) is 1.67. The Morgan fingerprint density at radius 2 is 1.55 bits per heavy atom. The van der Waals surface area contributed by atoms with Crippen molar-refractivity contribution in [2.24, 2.45) is 11.7 Å². The Bertz CT molecular complexity index is 710. The van der Waals surface area contributed by atoms with Gasteiger partial charge in [-0.25, -0.2) is 21.6 Å². The average molecular weight is 348 g/mol. The minimum atomic E-state index is -3.76. The molecule has 0 amide bonds. The predicted octanol–water partition coefficient (Wildman–Crippen LogP) is 1.13. The second-order valence-corrected chi connectivity index (χ2v) is 9.91. The maximum atomic E-state index is 12.4. The van der Waals surface area contributed by atoms with Crippen LogP contribution in [0.3, 0.4) is 0 Å². The molecule has 1 rings (SSSR count). The molecule has 0 fully saturated rings. The van der Waals surface area contributed by atoms with Gasteiger partial charge in [-0.05, 0) is 43.5 Å². The van der Waals surface area contributed by atoms with Crippen LogP contribution in [0.15, 0.2) is 34.1 Å². The fraction of sp³-hybridized carbons (Fsp3) is 0.571. The smallest absolute Gasteiger partial charge is 0.241 e. The van der Waals surface area contributed by atoms with Gasteiger partial charge in [0.15, 0.2) is 9.84 Å². The third kappa shape index (κ3) is 5.05. The van der Waals surface area contributed by atoms with E-state index >= 15 is 0 Å². The van der Waals surface area contributed by atoms with Crippen molar-refractivity contribution >= 4 is 19.9 Å². The number of benzene rings is 1. The SMILES string of the molecule is CC(C)CC(C)(CN)NS(=O)(=O)c1ccc(S(C)(=O)=O)cc1. The molecule has 0 aliphatic rings. The molecule has 0 spiro atoms. The molecule has 126 valence electrons. The van der Waals surface area contributed by atoms with Gasteiger partial charge in [-0.1, -0.05) is 13.8 Å². The van der Waals surface area contributed by atoms with Gasteiger partial charge in [0.1, 0.15) is 0 Å². The van der Waals surface area contributed by atoms with Crippen molar-refractivity contribution < 1.29 is 16.8 Å². The van der Waals surface area contributed by atoms with E-state index in [9.17, 15) is 16.8 Å². The van der Waals surface area contributed by atoms with E-state index in [1.807, 2.05) is 13.8 Å². The van der Waals surface area contributed by atoms with Crippen molar-refractivity contribution in [3.8, 4) is 0 Å². The minimum Gasteiger partial charge on any atom is -0.329 e. The molecule has 0 aliphatic carbocycles. The summed E-state index contributed by atoms with van der Waals surface area (Å²) in [6, 6.07) is 5.13. The maximum absolute atomic E-state index is 12.4. The molecule has 1 unspecified atom stereocenters. The van der Waals surface area contributed by atoms with Crippen LogP contribution in [-0.2, 0) is 19.9 Å². The largest absolute Gasteiger partial charge is 0.329 e. The summed E-state index contributed by atoms with van der Waals surface area (Å²) >= 11 is 0. The molecule has 6 nitrogen and oxygen atoms in total. The van der Waals surface area contributed by atoms with E-state index in [-0.39, 0.29) is 22.3 Å². The zero-order chi connectivity index (χ0) is 17.2. The lowest BCUT2D eigenvalue weighted by Gasteiger charge is -2.30. The third-order valence-electron chi connectivity index (χ3n) is 3.25. The van der Waals surface area contributed by atoms with Gasteiger partial charge in [0.05, 0.1) is 9.79 Å². The van der Waals surface area contributed by atoms with Crippen LogP contribution in [-0.4, -0.2) is 35.2 Å². The molecule has 0 aliphatic heterocycles. The van der Waals surface area contributed by atoms with Crippen LogP contribution >= 0.6 is 0 Å². The quantitative estimate of drug-likeness (QED) is 0.768. The summed E-state index contributed by atoms with van der Waals surface area (Å²) in [5, 5.41) is 0. The number of sulfone groups is 1. The highest BCUT2D eigenvalue weighted by Gasteiger charge is 2.30. The first-order chi connectivity index (χ1) is 9.89. The van der Waals surface area contributed by atoms with Gasteiger partial charge in [0.25, 0.3) is 0 Å². The summed E-state index contributed by atoms with van der Waals surface area (Å²) in [6.45, 7) is 5.91. The number of sulfonamides is 1.